The van der Waals surface area contributed by atoms with Gasteiger partial charge in [0.25, 0.3) is 0 Å². The number of ether oxygens (including phenoxy) is 1. The third-order valence-corrected chi connectivity index (χ3v) is 7.30. The van der Waals surface area contributed by atoms with Crippen LogP contribution in [0.3, 0.4) is 0 Å². The van der Waals surface area contributed by atoms with Crippen LogP contribution < -0.4 is 10.1 Å². The summed E-state index contributed by atoms with van der Waals surface area (Å²) in [6.45, 7) is 2.27. The lowest BCUT2D eigenvalue weighted by Crippen LogP contribution is -2.46. The maximum atomic E-state index is 13.4. The molecule has 4 rings (SSSR count). The molecule has 3 aromatic carbocycles. The van der Waals surface area contributed by atoms with Gasteiger partial charge in [0, 0.05) is 23.7 Å². The maximum Gasteiger partial charge on any atom is 0.238 e. The van der Waals surface area contributed by atoms with E-state index in [1.165, 1.54) is 36.0 Å². The maximum absolute atomic E-state index is 13.4. The minimum Gasteiger partial charge on any atom is -0.497 e. The Morgan fingerprint density at radius 2 is 1.89 bits per heavy atom. The summed E-state index contributed by atoms with van der Waals surface area (Å²) in [4.78, 5) is 32.4. The normalized spacial score (nSPS) is 16.8. The smallest absolute Gasteiger partial charge is 0.238 e. The van der Waals surface area contributed by atoms with Gasteiger partial charge in [0.2, 0.25) is 11.8 Å². The molecule has 0 saturated carbocycles. The van der Waals surface area contributed by atoms with Crippen LogP contribution >= 0.6 is 23.4 Å². The Labute approximate surface area is 218 Å². The van der Waals surface area contributed by atoms with Crippen molar-refractivity contribution >= 4 is 51.7 Å². The molecule has 1 atom stereocenters. The highest BCUT2D eigenvalue weighted by atomic mass is 35.5. The number of methoxy groups -OCH3 is 1. The number of carbonyl (C=O) groups excluding carboxylic acids is 2. The Hall–Kier alpha value is -3.36. The lowest BCUT2D eigenvalue weighted by atomic mass is 10.1. The first kappa shape index (κ1) is 25.7. The number of aliphatic imine (C=N–C) groups is 1. The number of anilines is 1. The van der Waals surface area contributed by atoms with Crippen LogP contribution in [0.25, 0.3) is 0 Å². The van der Waals surface area contributed by atoms with Crippen LogP contribution in [0.15, 0.2) is 71.7 Å². The van der Waals surface area contributed by atoms with Crippen molar-refractivity contribution in [3.05, 3.63) is 88.7 Å². The van der Waals surface area contributed by atoms with Gasteiger partial charge in [-0.2, -0.15) is 0 Å². The molecule has 6 nitrogen and oxygen atoms in total. The van der Waals surface area contributed by atoms with Crippen molar-refractivity contribution in [1.82, 2.24) is 4.90 Å². The number of nitrogens with one attached hydrogen (secondary N) is 1. The number of aryl methyl sites for hydroxylation is 1. The standard InChI is InChI=1S/C27H25ClFN3O3S/c1-17-3-8-21(15-23(17)28)30-26(34)24-16-25(33)32(14-13-18-4-11-22(35-2)12-5-18)27(36-24)31-20-9-6-19(29)7-10-20/h3-12,15,24H,13-14,16H2,1-2H3,(H,30,34). The van der Waals surface area contributed by atoms with Crippen molar-refractivity contribution in [3.63, 3.8) is 0 Å². The zero-order chi connectivity index (χ0) is 25.7. The minimum absolute atomic E-state index is 0.0289. The third-order valence-electron chi connectivity index (χ3n) is 5.71. The second-order valence-electron chi connectivity index (χ2n) is 8.28. The molecule has 0 spiro atoms. The van der Waals surface area contributed by atoms with E-state index in [0.29, 0.717) is 34.5 Å². The number of amidine groups is 1. The van der Waals surface area contributed by atoms with Gasteiger partial charge in [-0.15, -0.1) is 0 Å². The van der Waals surface area contributed by atoms with Crippen LogP contribution in [0.2, 0.25) is 5.02 Å². The summed E-state index contributed by atoms with van der Waals surface area (Å²) in [7, 11) is 1.61. The van der Waals surface area contributed by atoms with Gasteiger partial charge in [0.15, 0.2) is 5.17 Å². The number of hydrogen-bond acceptors (Lipinski definition) is 5. The summed E-state index contributed by atoms with van der Waals surface area (Å²) < 4.78 is 18.6. The van der Waals surface area contributed by atoms with Crippen molar-refractivity contribution < 1.29 is 18.7 Å². The number of carbonyl (C=O) groups is 2. The molecule has 0 bridgehead atoms. The van der Waals surface area contributed by atoms with Gasteiger partial charge in [0.1, 0.15) is 16.8 Å². The first-order chi connectivity index (χ1) is 17.3. The number of hydrogen-bond donors (Lipinski definition) is 1. The number of nitrogens with zero attached hydrogens (tertiary/aromatic N) is 2. The number of halogens is 2. The number of benzene rings is 3. The van der Waals surface area contributed by atoms with Crippen LogP contribution in [0.1, 0.15) is 17.5 Å². The average Bonchev–Trinajstić information content (AvgIpc) is 2.87. The molecular weight excluding hydrogens is 501 g/mol. The first-order valence-electron chi connectivity index (χ1n) is 11.3. The molecule has 1 aliphatic heterocycles. The lowest BCUT2D eigenvalue weighted by Gasteiger charge is -2.32. The average molecular weight is 526 g/mol. The van der Waals surface area contributed by atoms with Gasteiger partial charge < -0.3 is 10.1 Å². The fraction of sp³-hybridized carbons (Fsp3) is 0.222. The monoisotopic (exact) mass is 525 g/mol. The predicted molar refractivity (Wildman–Crippen MR) is 143 cm³/mol. The lowest BCUT2D eigenvalue weighted by molar-refractivity contribution is -0.129. The summed E-state index contributed by atoms with van der Waals surface area (Å²) in [6.07, 6.45) is 0.624. The summed E-state index contributed by atoms with van der Waals surface area (Å²) in [5, 5.41) is 3.11. The van der Waals surface area contributed by atoms with Gasteiger partial charge >= 0.3 is 0 Å². The Morgan fingerprint density at radius 1 is 1.17 bits per heavy atom. The fourth-order valence-electron chi connectivity index (χ4n) is 3.61. The summed E-state index contributed by atoms with van der Waals surface area (Å²) in [5.74, 6) is -0.137. The first-order valence-corrected chi connectivity index (χ1v) is 12.6. The Balaban J connectivity index is 1.54. The highest BCUT2D eigenvalue weighted by Crippen LogP contribution is 2.31. The van der Waals surface area contributed by atoms with E-state index in [2.05, 4.69) is 10.3 Å². The van der Waals surface area contributed by atoms with E-state index < -0.39 is 5.25 Å². The number of thioether (sulfide) groups is 1. The summed E-state index contributed by atoms with van der Waals surface area (Å²) >= 11 is 7.40. The van der Waals surface area contributed by atoms with E-state index in [1.807, 2.05) is 37.3 Å². The quantitative estimate of drug-likeness (QED) is 0.411. The Kier molecular flexibility index (Phi) is 8.28. The molecule has 1 aliphatic rings. The minimum atomic E-state index is -0.672. The summed E-state index contributed by atoms with van der Waals surface area (Å²) in [6, 6.07) is 18.6. The molecule has 186 valence electrons. The molecule has 0 radical (unpaired) electrons. The van der Waals surface area contributed by atoms with Crippen molar-refractivity contribution in [2.75, 3.05) is 19.0 Å². The van der Waals surface area contributed by atoms with Crippen LogP contribution in [0.4, 0.5) is 15.8 Å². The van der Waals surface area contributed by atoms with E-state index in [0.717, 1.165) is 16.9 Å². The molecule has 1 fully saturated rings. The van der Waals surface area contributed by atoms with E-state index in [1.54, 1.807) is 24.1 Å². The number of amides is 2. The van der Waals surface area contributed by atoms with Crippen LogP contribution in [0.5, 0.6) is 5.75 Å². The van der Waals surface area contributed by atoms with Gasteiger partial charge in [-0.1, -0.05) is 41.6 Å². The summed E-state index contributed by atoms with van der Waals surface area (Å²) in [5.41, 5.74) is 2.99. The second-order valence-corrected chi connectivity index (χ2v) is 9.86. The van der Waals surface area contributed by atoms with Crippen molar-refractivity contribution in [2.45, 2.75) is 25.0 Å². The molecule has 2 amide bonds. The molecule has 9 heteroatoms. The number of rotatable bonds is 7. The van der Waals surface area contributed by atoms with Crippen LogP contribution in [0, 0.1) is 12.7 Å². The second kappa shape index (κ2) is 11.6. The SMILES string of the molecule is COc1ccc(CCN2C(=O)CC(C(=O)Nc3ccc(C)c(Cl)c3)SC2=Nc2ccc(F)cc2)cc1. The van der Waals surface area contributed by atoms with Gasteiger partial charge in [-0.25, -0.2) is 9.38 Å². The fourth-order valence-corrected chi connectivity index (χ4v) is 4.92. The molecule has 1 N–H and O–H groups in total. The van der Waals surface area contributed by atoms with Gasteiger partial charge in [0.05, 0.1) is 12.8 Å². The third kappa shape index (κ3) is 6.44. The Morgan fingerprint density at radius 3 is 2.56 bits per heavy atom. The Bertz CT molecular complexity index is 1280. The molecule has 1 saturated heterocycles. The van der Waals surface area contributed by atoms with E-state index >= 15 is 0 Å². The molecular formula is C27H25ClFN3O3S. The molecule has 1 heterocycles. The van der Waals surface area contributed by atoms with Crippen LogP contribution in [-0.4, -0.2) is 40.8 Å². The molecule has 3 aromatic rings. The highest BCUT2D eigenvalue weighted by molar-refractivity contribution is 8.15. The molecule has 0 aromatic heterocycles. The molecule has 1 unspecified atom stereocenters. The molecule has 36 heavy (non-hydrogen) atoms. The van der Waals surface area contributed by atoms with Gasteiger partial charge in [-0.3, -0.25) is 14.5 Å². The predicted octanol–water partition coefficient (Wildman–Crippen LogP) is 6.00. The topological polar surface area (TPSA) is 71.0 Å². The van der Waals surface area contributed by atoms with Crippen molar-refractivity contribution in [2.24, 2.45) is 4.99 Å². The van der Waals surface area contributed by atoms with Gasteiger partial charge in [-0.05, 0) is 73.0 Å². The largest absolute Gasteiger partial charge is 0.497 e. The van der Waals surface area contributed by atoms with Crippen LogP contribution in [-0.2, 0) is 16.0 Å². The molecule has 0 aliphatic carbocycles. The van der Waals surface area contributed by atoms with E-state index in [-0.39, 0.29) is 24.1 Å². The zero-order valence-corrected chi connectivity index (χ0v) is 21.4. The zero-order valence-electron chi connectivity index (χ0n) is 19.8. The van der Waals surface area contributed by atoms with Crippen molar-refractivity contribution in [1.29, 1.82) is 0 Å². The van der Waals surface area contributed by atoms with E-state index in [4.69, 9.17) is 16.3 Å². The van der Waals surface area contributed by atoms with E-state index in [9.17, 15) is 14.0 Å². The van der Waals surface area contributed by atoms with Crippen molar-refractivity contribution in [3.8, 4) is 5.75 Å². The highest BCUT2D eigenvalue weighted by Gasteiger charge is 2.35.